The van der Waals surface area contributed by atoms with Crippen LogP contribution in [0.1, 0.15) is 31.8 Å². The van der Waals surface area contributed by atoms with Crippen molar-refractivity contribution in [2.24, 2.45) is 0 Å². The number of aromatic amines is 1. The minimum absolute atomic E-state index is 0.108. The molecule has 32 heavy (non-hydrogen) atoms. The van der Waals surface area contributed by atoms with Crippen LogP contribution in [0.15, 0.2) is 27.9 Å². The Kier molecular flexibility index (Phi) is 6.31. The smallest absolute Gasteiger partial charge is 0.277 e. The number of aromatic nitrogens is 4. The van der Waals surface area contributed by atoms with Crippen molar-refractivity contribution in [3.8, 4) is 17.1 Å². The van der Waals surface area contributed by atoms with E-state index in [1.165, 1.54) is 16.4 Å². The summed E-state index contributed by atoms with van der Waals surface area (Å²) in [6.45, 7) is 7.30. The van der Waals surface area contributed by atoms with Crippen molar-refractivity contribution in [1.82, 2.24) is 23.9 Å². The predicted octanol–water partition coefficient (Wildman–Crippen LogP) is 1.77. The topological polar surface area (TPSA) is 119 Å². The Balaban J connectivity index is 1.88. The molecule has 4 rings (SSSR count). The van der Waals surface area contributed by atoms with Crippen LogP contribution in [-0.4, -0.2) is 65.2 Å². The molecular weight excluding hydrogens is 434 g/mol. The Morgan fingerprint density at radius 1 is 1.22 bits per heavy atom. The molecule has 1 aliphatic heterocycles. The first kappa shape index (κ1) is 22.4. The molecular formula is C21H27N5O5S. The number of nitrogens with zero attached hydrogens (tertiary/aromatic N) is 4. The van der Waals surface area contributed by atoms with Crippen LogP contribution in [0.4, 0.5) is 0 Å². The third-order valence-corrected chi connectivity index (χ3v) is 7.22. The monoisotopic (exact) mass is 461 g/mol. The Morgan fingerprint density at radius 3 is 2.66 bits per heavy atom. The summed E-state index contributed by atoms with van der Waals surface area (Å²) in [6, 6.07) is 4.62. The molecule has 0 atom stereocenters. The zero-order valence-corrected chi connectivity index (χ0v) is 19.2. The van der Waals surface area contributed by atoms with E-state index in [4.69, 9.17) is 9.47 Å². The van der Waals surface area contributed by atoms with Gasteiger partial charge in [0.05, 0.1) is 36.0 Å². The number of hydrogen-bond donors (Lipinski definition) is 1. The lowest BCUT2D eigenvalue weighted by molar-refractivity contribution is 0.0730. The highest BCUT2D eigenvalue weighted by Gasteiger charge is 2.28. The number of ether oxygens (including phenoxy) is 2. The van der Waals surface area contributed by atoms with E-state index >= 15 is 0 Å². The summed E-state index contributed by atoms with van der Waals surface area (Å²) >= 11 is 0. The summed E-state index contributed by atoms with van der Waals surface area (Å²) in [5.74, 6) is 1.34. The highest BCUT2D eigenvalue weighted by atomic mass is 32.2. The van der Waals surface area contributed by atoms with Gasteiger partial charge < -0.3 is 14.5 Å². The molecule has 0 unspecified atom stereocenters. The lowest BCUT2D eigenvalue weighted by atomic mass is 10.2. The lowest BCUT2D eigenvalue weighted by Gasteiger charge is -2.26. The number of imidazole rings is 1. The highest BCUT2D eigenvalue weighted by molar-refractivity contribution is 7.89. The molecule has 2 aromatic heterocycles. The maximum absolute atomic E-state index is 13.2. The number of nitrogens with one attached hydrogen (secondary N) is 1. The zero-order chi connectivity index (χ0) is 22.9. The second-order valence-electron chi connectivity index (χ2n) is 7.53. The third kappa shape index (κ3) is 4.03. The van der Waals surface area contributed by atoms with E-state index in [2.05, 4.69) is 15.1 Å². The first-order valence-electron chi connectivity index (χ1n) is 10.7. The van der Waals surface area contributed by atoms with Crippen LogP contribution in [0.25, 0.3) is 16.9 Å². The molecule has 1 aliphatic rings. The predicted molar refractivity (Wildman–Crippen MR) is 119 cm³/mol. The van der Waals surface area contributed by atoms with E-state index in [1.807, 2.05) is 13.8 Å². The molecule has 0 saturated carbocycles. The highest BCUT2D eigenvalue weighted by Crippen LogP contribution is 2.31. The van der Waals surface area contributed by atoms with Crippen LogP contribution in [-0.2, 0) is 21.2 Å². The third-order valence-electron chi connectivity index (χ3n) is 5.33. The maximum atomic E-state index is 13.2. The number of aryl methyl sites for hydroxylation is 2. The van der Waals surface area contributed by atoms with Gasteiger partial charge >= 0.3 is 0 Å². The van der Waals surface area contributed by atoms with Crippen LogP contribution in [0.3, 0.4) is 0 Å². The van der Waals surface area contributed by atoms with Crippen LogP contribution in [0, 0.1) is 6.92 Å². The molecule has 172 valence electrons. The fraction of sp³-hybridized carbons (Fsp3) is 0.476. The minimum Gasteiger partial charge on any atom is -0.493 e. The second-order valence-corrected chi connectivity index (χ2v) is 9.47. The summed E-state index contributed by atoms with van der Waals surface area (Å²) in [5.41, 5.74) is 1.04. The van der Waals surface area contributed by atoms with Crippen molar-refractivity contribution < 1.29 is 17.9 Å². The molecule has 1 saturated heterocycles. The fourth-order valence-corrected chi connectivity index (χ4v) is 5.25. The van der Waals surface area contributed by atoms with E-state index in [0.717, 1.165) is 6.42 Å². The molecule has 0 bridgehead atoms. The molecule has 3 aromatic rings. The van der Waals surface area contributed by atoms with E-state index < -0.39 is 10.0 Å². The summed E-state index contributed by atoms with van der Waals surface area (Å²) < 4.78 is 40.3. The van der Waals surface area contributed by atoms with Crippen molar-refractivity contribution >= 4 is 15.5 Å². The Hall–Kier alpha value is -2.76. The van der Waals surface area contributed by atoms with Crippen molar-refractivity contribution in [3.63, 3.8) is 0 Å². The number of morpholine rings is 1. The first-order chi connectivity index (χ1) is 15.4. The normalized spacial score (nSPS) is 15.3. The van der Waals surface area contributed by atoms with Gasteiger partial charge in [-0.2, -0.15) is 4.31 Å². The van der Waals surface area contributed by atoms with Gasteiger partial charge in [-0.05, 0) is 38.5 Å². The van der Waals surface area contributed by atoms with E-state index in [1.54, 1.807) is 17.5 Å². The summed E-state index contributed by atoms with van der Waals surface area (Å²) in [6.07, 6.45) is 1.51. The number of sulfonamides is 1. The fourth-order valence-electron chi connectivity index (χ4n) is 3.81. The summed E-state index contributed by atoms with van der Waals surface area (Å²) in [4.78, 5) is 20.3. The van der Waals surface area contributed by atoms with E-state index in [0.29, 0.717) is 67.7 Å². The lowest BCUT2D eigenvalue weighted by Crippen LogP contribution is -2.40. The quantitative estimate of drug-likeness (QED) is 0.569. The van der Waals surface area contributed by atoms with Crippen LogP contribution in [0.5, 0.6) is 5.75 Å². The maximum Gasteiger partial charge on any atom is 0.277 e. The van der Waals surface area contributed by atoms with Crippen molar-refractivity contribution in [2.45, 2.75) is 38.5 Å². The molecule has 1 N–H and O–H groups in total. The average molecular weight is 462 g/mol. The van der Waals surface area contributed by atoms with Crippen molar-refractivity contribution in [2.75, 3.05) is 32.9 Å². The van der Waals surface area contributed by atoms with E-state index in [9.17, 15) is 13.2 Å². The number of fused-ring (bicyclic) bond motifs is 1. The number of rotatable bonds is 7. The molecule has 0 aliphatic carbocycles. The van der Waals surface area contributed by atoms with Crippen molar-refractivity contribution in [3.05, 3.63) is 40.1 Å². The minimum atomic E-state index is -3.73. The molecule has 10 nitrogen and oxygen atoms in total. The van der Waals surface area contributed by atoms with Crippen LogP contribution in [0.2, 0.25) is 0 Å². The molecule has 0 radical (unpaired) electrons. The number of hydrogen-bond acceptors (Lipinski definition) is 7. The summed E-state index contributed by atoms with van der Waals surface area (Å²) in [5, 5.41) is 4.61. The van der Waals surface area contributed by atoms with Gasteiger partial charge in [-0.1, -0.05) is 6.92 Å². The molecule has 1 aromatic carbocycles. The average Bonchev–Trinajstić information content (AvgIpc) is 3.10. The SMILES string of the molecule is CCCc1nc(C)c2c(=O)[nH]c(-c3cc(S(=O)(=O)N4CCOCC4)ccc3OCC)nn12. The van der Waals surface area contributed by atoms with Gasteiger partial charge in [0, 0.05) is 19.5 Å². The van der Waals surface area contributed by atoms with Gasteiger partial charge in [0.15, 0.2) is 11.3 Å². The van der Waals surface area contributed by atoms with Gasteiger partial charge in [0.1, 0.15) is 11.6 Å². The van der Waals surface area contributed by atoms with E-state index in [-0.39, 0.29) is 16.3 Å². The van der Waals surface area contributed by atoms with Crippen LogP contribution >= 0.6 is 0 Å². The van der Waals surface area contributed by atoms with Gasteiger partial charge in [-0.25, -0.2) is 17.9 Å². The summed E-state index contributed by atoms with van der Waals surface area (Å²) in [7, 11) is -3.73. The van der Waals surface area contributed by atoms with Crippen LogP contribution < -0.4 is 10.3 Å². The molecule has 0 spiro atoms. The molecule has 11 heteroatoms. The Labute approximate surface area is 186 Å². The number of benzene rings is 1. The largest absolute Gasteiger partial charge is 0.493 e. The van der Waals surface area contributed by atoms with Gasteiger partial charge in [0.25, 0.3) is 5.56 Å². The first-order valence-corrected chi connectivity index (χ1v) is 12.1. The van der Waals surface area contributed by atoms with Gasteiger partial charge in [-0.3, -0.25) is 4.79 Å². The Morgan fingerprint density at radius 2 is 1.97 bits per heavy atom. The molecule has 1 fully saturated rings. The number of H-pyrrole nitrogens is 1. The zero-order valence-electron chi connectivity index (χ0n) is 18.4. The standard InChI is InChI=1S/C21H27N5O5S/c1-4-6-18-22-14(3)19-21(27)23-20(24-26(18)19)16-13-15(7-8-17(16)31-5-2)32(28,29)25-9-11-30-12-10-25/h7-8,13H,4-6,9-12H2,1-3H3,(H,23,24,27). The second kappa shape index (κ2) is 9.00. The Bertz CT molecular complexity index is 1290. The van der Waals surface area contributed by atoms with Gasteiger partial charge in [0.2, 0.25) is 10.0 Å². The molecule has 0 amide bonds. The van der Waals surface area contributed by atoms with Crippen molar-refractivity contribution in [1.29, 1.82) is 0 Å². The molecule has 3 heterocycles. The van der Waals surface area contributed by atoms with Gasteiger partial charge in [-0.15, -0.1) is 5.10 Å².